The van der Waals surface area contributed by atoms with E-state index in [0.717, 1.165) is 0 Å². The molecule has 0 heterocycles. The highest BCUT2D eigenvalue weighted by molar-refractivity contribution is 7.57. The van der Waals surface area contributed by atoms with Crippen LogP contribution in [0.15, 0.2) is 65.8 Å². The van der Waals surface area contributed by atoms with Gasteiger partial charge < -0.3 is 14.3 Å². The minimum atomic E-state index is -3.90. The van der Waals surface area contributed by atoms with Crippen molar-refractivity contribution in [3.8, 4) is 0 Å². The number of oxime groups is 1. The fourth-order valence-corrected chi connectivity index (χ4v) is 5.71. The summed E-state index contributed by atoms with van der Waals surface area (Å²) in [5, 5.41) is 10.9. The molecule has 0 spiro atoms. The van der Waals surface area contributed by atoms with Gasteiger partial charge in [0.2, 0.25) is 0 Å². The lowest BCUT2D eigenvalue weighted by Crippen LogP contribution is -2.36. The predicted molar refractivity (Wildman–Crippen MR) is 99.6 cm³/mol. The fraction of sp³-hybridized carbons (Fsp3) is 0.278. The number of benzene rings is 2. The molecule has 2 aromatic carbocycles. The highest BCUT2D eigenvalue weighted by Gasteiger charge is 2.57. The van der Waals surface area contributed by atoms with E-state index in [0.29, 0.717) is 11.1 Å². The number of nitrogens with zero attached hydrogens (tertiary/aromatic N) is 1. The van der Waals surface area contributed by atoms with Crippen LogP contribution in [0.25, 0.3) is 0 Å². The summed E-state index contributed by atoms with van der Waals surface area (Å²) in [5.74, 6) is 0. The Labute approximate surface area is 152 Å². The van der Waals surface area contributed by atoms with Crippen LogP contribution in [0.2, 0.25) is 0 Å². The first-order valence-corrected chi connectivity index (χ1v) is 9.87. The molecule has 0 bridgehead atoms. The summed E-state index contributed by atoms with van der Waals surface area (Å²) in [6.07, 6.45) is 0. The van der Waals surface area contributed by atoms with Gasteiger partial charge >= 0.3 is 7.60 Å². The maximum absolute atomic E-state index is 13.9. The highest BCUT2D eigenvalue weighted by atomic mass is 35.5. The first-order valence-electron chi connectivity index (χ1n) is 7.95. The van der Waals surface area contributed by atoms with Crippen LogP contribution in [0, 0.1) is 0 Å². The lowest BCUT2D eigenvalue weighted by atomic mass is 9.91. The van der Waals surface area contributed by atoms with Gasteiger partial charge in [-0.25, -0.2) is 0 Å². The molecule has 134 valence electrons. The molecule has 25 heavy (non-hydrogen) atoms. The van der Waals surface area contributed by atoms with Gasteiger partial charge in [0.15, 0.2) is 10.3 Å². The van der Waals surface area contributed by atoms with Crippen molar-refractivity contribution in [3.05, 3.63) is 71.8 Å². The van der Waals surface area contributed by atoms with Crippen LogP contribution in [0.1, 0.15) is 25.0 Å². The van der Waals surface area contributed by atoms with E-state index >= 15 is 0 Å². The quantitative estimate of drug-likeness (QED) is 0.294. The molecule has 0 atom stereocenters. The topological polar surface area (TPSA) is 68.1 Å². The molecule has 0 aromatic heterocycles. The number of halogens is 1. The van der Waals surface area contributed by atoms with Crippen LogP contribution >= 0.6 is 19.2 Å². The second-order valence-electron chi connectivity index (χ2n) is 5.17. The average Bonchev–Trinajstić information content (AvgIpc) is 2.64. The third-order valence-electron chi connectivity index (χ3n) is 3.78. The van der Waals surface area contributed by atoms with Gasteiger partial charge in [0.25, 0.3) is 0 Å². The minimum absolute atomic E-state index is 0.147. The predicted octanol–water partition coefficient (Wildman–Crippen LogP) is 5.22. The van der Waals surface area contributed by atoms with E-state index in [2.05, 4.69) is 5.16 Å². The lowest BCUT2D eigenvalue weighted by molar-refractivity contribution is 0.209. The Bertz CT molecular complexity index is 703. The fourth-order valence-electron chi connectivity index (χ4n) is 2.84. The Morgan fingerprint density at radius 1 is 1.00 bits per heavy atom. The first kappa shape index (κ1) is 19.7. The Hall–Kier alpha value is -1.65. The van der Waals surface area contributed by atoms with E-state index in [1.54, 1.807) is 62.4 Å². The Morgan fingerprint density at radius 3 is 1.72 bits per heavy atom. The third kappa shape index (κ3) is 3.51. The minimum Gasteiger partial charge on any atom is -0.410 e. The van der Waals surface area contributed by atoms with E-state index in [-0.39, 0.29) is 18.4 Å². The molecule has 0 saturated heterocycles. The largest absolute Gasteiger partial charge is 0.410 e. The smallest absolute Gasteiger partial charge is 0.352 e. The highest BCUT2D eigenvalue weighted by Crippen LogP contribution is 2.68. The maximum Gasteiger partial charge on any atom is 0.352 e. The van der Waals surface area contributed by atoms with Crippen molar-refractivity contribution in [1.29, 1.82) is 0 Å². The molecule has 0 radical (unpaired) electrons. The third-order valence-corrected chi connectivity index (χ3v) is 7.02. The normalized spacial score (nSPS) is 13.0. The SMILES string of the molecule is CCOP(=O)(OCC)C(/C(Cl)=N/O)(c1ccccc1)c1ccccc1. The molecule has 0 aliphatic carbocycles. The first-order chi connectivity index (χ1) is 12.1. The second kappa shape index (κ2) is 8.63. The van der Waals surface area contributed by atoms with E-state index in [9.17, 15) is 9.77 Å². The van der Waals surface area contributed by atoms with Crippen molar-refractivity contribution in [2.24, 2.45) is 5.16 Å². The zero-order chi connectivity index (χ0) is 18.3. The van der Waals surface area contributed by atoms with Crippen LogP contribution in [0.3, 0.4) is 0 Å². The number of rotatable bonds is 8. The maximum atomic E-state index is 13.9. The summed E-state index contributed by atoms with van der Waals surface area (Å²) >= 11 is 6.38. The molecular formula is C18H21ClNO4P. The summed E-state index contributed by atoms with van der Waals surface area (Å²) in [4.78, 5) is 0. The molecule has 2 aromatic rings. The molecule has 7 heteroatoms. The zero-order valence-electron chi connectivity index (χ0n) is 14.1. The van der Waals surface area contributed by atoms with Crippen molar-refractivity contribution in [2.75, 3.05) is 13.2 Å². The molecule has 2 rings (SSSR count). The zero-order valence-corrected chi connectivity index (χ0v) is 15.8. The molecule has 1 N–H and O–H groups in total. The summed E-state index contributed by atoms with van der Waals surface area (Å²) < 4.78 is 25.2. The van der Waals surface area contributed by atoms with E-state index in [1.165, 1.54) is 0 Å². The number of hydrogen-bond acceptors (Lipinski definition) is 5. The van der Waals surface area contributed by atoms with Gasteiger partial charge in [-0.2, -0.15) is 0 Å². The number of hydrogen-bond donors (Lipinski definition) is 1. The van der Waals surface area contributed by atoms with Gasteiger partial charge in [-0.1, -0.05) is 77.4 Å². The Morgan fingerprint density at radius 2 is 1.40 bits per heavy atom. The Balaban J connectivity index is 2.93. The van der Waals surface area contributed by atoms with Gasteiger partial charge in [-0.05, 0) is 25.0 Å². The molecule has 0 amide bonds. The monoisotopic (exact) mass is 381 g/mol. The van der Waals surface area contributed by atoms with Gasteiger partial charge in [-0.3, -0.25) is 4.57 Å². The molecule has 0 unspecified atom stereocenters. The molecular weight excluding hydrogens is 361 g/mol. The molecule has 0 aliphatic rings. The lowest BCUT2D eigenvalue weighted by Gasteiger charge is -2.38. The van der Waals surface area contributed by atoms with Gasteiger partial charge in [0, 0.05) is 0 Å². The molecule has 5 nitrogen and oxygen atoms in total. The van der Waals surface area contributed by atoms with Gasteiger partial charge in [-0.15, -0.1) is 0 Å². The van der Waals surface area contributed by atoms with Gasteiger partial charge in [0.05, 0.1) is 13.2 Å². The summed E-state index contributed by atoms with van der Waals surface area (Å²) in [5.41, 5.74) is 1.10. The van der Waals surface area contributed by atoms with Crippen molar-refractivity contribution in [1.82, 2.24) is 0 Å². The summed E-state index contributed by atoms with van der Waals surface area (Å²) in [6, 6.07) is 17.8. The van der Waals surface area contributed by atoms with E-state index < -0.39 is 12.8 Å². The standard InChI is InChI=1S/C18H21ClNO4P/c1-3-23-25(22,24-4-2)18(17(19)20-21,15-11-7-5-8-12-15)16-13-9-6-10-14-16/h5-14,21H,3-4H2,1-2H3/b20-17-. The van der Waals surface area contributed by atoms with Crippen molar-refractivity contribution in [2.45, 2.75) is 19.0 Å². The van der Waals surface area contributed by atoms with E-state index in [1.807, 2.05) is 12.1 Å². The van der Waals surface area contributed by atoms with E-state index in [4.69, 9.17) is 20.6 Å². The molecule has 0 aliphatic heterocycles. The van der Waals surface area contributed by atoms with Crippen LogP contribution in [-0.2, 0) is 18.8 Å². The molecule has 0 saturated carbocycles. The average molecular weight is 382 g/mol. The van der Waals surface area contributed by atoms with Crippen LogP contribution in [0.5, 0.6) is 0 Å². The second-order valence-corrected chi connectivity index (χ2v) is 7.71. The van der Waals surface area contributed by atoms with Crippen molar-refractivity contribution < 1.29 is 18.8 Å². The van der Waals surface area contributed by atoms with Crippen LogP contribution in [-0.4, -0.2) is 23.6 Å². The van der Waals surface area contributed by atoms with Gasteiger partial charge in [0.1, 0.15) is 0 Å². The Kier molecular flexibility index (Phi) is 6.79. The van der Waals surface area contributed by atoms with Crippen molar-refractivity contribution in [3.63, 3.8) is 0 Å². The van der Waals surface area contributed by atoms with Crippen LogP contribution in [0.4, 0.5) is 0 Å². The molecule has 0 fully saturated rings. The summed E-state index contributed by atoms with van der Waals surface area (Å²) in [6.45, 7) is 3.73. The van der Waals surface area contributed by atoms with Crippen LogP contribution < -0.4 is 0 Å². The summed E-state index contributed by atoms with van der Waals surface area (Å²) in [7, 11) is -3.90. The van der Waals surface area contributed by atoms with Crippen molar-refractivity contribution >= 4 is 24.4 Å².